The Kier molecular flexibility index (Phi) is 4.97. The van der Waals surface area contributed by atoms with Gasteiger partial charge in [0.15, 0.2) is 0 Å². The minimum atomic E-state index is -0.398. The fourth-order valence-corrected chi connectivity index (χ4v) is 3.03. The molecule has 0 bridgehead atoms. The summed E-state index contributed by atoms with van der Waals surface area (Å²) in [4.78, 5) is 16.9. The van der Waals surface area contributed by atoms with Crippen molar-refractivity contribution in [3.63, 3.8) is 0 Å². The topological polar surface area (TPSA) is 68.5 Å². The molecule has 0 saturated carbocycles. The lowest BCUT2D eigenvalue weighted by Gasteiger charge is -2.28. The van der Waals surface area contributed by atoms with E-state index in [9.17, 15) is 10.1 Å². The van der Waals surface area contributed by atoms with E-state index in [2.05, 4.69) is 22.0 Å². The third-order valence-electron chi connectivity index (χ3n) is 4.33. The molecule has 2 aromatic rings. The van der Waals surface area contributed by atoms with Gasteiger partial charge in [-0.2, -0.15) is 0 Å². The third-order valence-corrected chi connectivity index (χ3v) is 4.33. The van der Waals surface area contributed by atoms with Gasteiger partial charge in [-0.3, -0.25) is 10.1 Å². The van der Waals surface area contributed by atoms with Crippen LogP contribution in [0.3, 0.4) is 0 Å². The van der Waals surface area contributed by atoms with Crippen LogP contribution in [0.25, 0.3) is 5.57 Å². The minimum absolute atomic E-state index is 0.0580. The number of rotatable bonds is 5. The summed E-state index contributed by atoms with van der Waals surface area (Å²) in [6.45, 7) is 5.90. The average molecular weight is 339 g/mol. The molecule has 1 aromatic carbocycles. The van der Waals surface area contributed by atoms with Gasteiger partial charge in [0.2, 0.25) is 0 Å². The summed E-state index contributed by atoms with van der Waals surface area (Å²) in [5.74, 6) is 1.69. The lowest BCUT2D eigenvalue weighted by Crippen LogP contribution is -2.29. The molecule has 0 amide bonds. The normalized spacial score (nSPS) is 14.2. The first-order valence-electron chi connectivity index (χ1n) is 8.37. The van der Waals surface area contributed by atoms with Crippen molar-refractivity contribution >= 4 is 17.1 Å². The molecule has 130 valence electrons. The summed E-state index contributed by atoms with van der Waals surface area (Å²) >= 11 is 0. The zero-order chi connectivity index (χ0) is 17.8. The molecule has 1 aromatic heterocycles. The van der Waals surface area contributed by atoms with Crippen molar-refractivity contribution in [3.05, 3.63) is 63.8 Å². The van der Waals surface area contributed by atoms with Crippen molar-refractivity contribution in [2.75, 3.05) is 24.6 Å². The second kappa shape index (κ2) is 7.34. The molecular weight excluding hydrogens is 318 g/mol. The number of hydrogen-bond donors (Lipinski definition) is 0. The predicted octanol–water partition coefficient (Wildman–Crippen LogP) is 3.99. The number of para-hydroxylation sites is 1. The van der Waals surface area contributed by atoms with Crippen LogP contribution in [0.5, 0.6) is 5.75 Å². The van der Waals surface area contributed by atoms with Gasteiger partial charge < -0.3 is 9.64 Å². The van der Waals surface area contributed by atoms with E-state index in [4.69, 9.17) is 4.74 Å². The number of hydrogen-bond acceptors (Lipinski definition) is 5. The second-order valence-corrected chi connectivity index (χ2v) is 5.94. The summed E-state index contributed by atoms with van der Waals surface area (Å²) in [5, 5.41) is 10.9. The molecule has 0 radical (unpaired) electrons. The van der Waals surface area contributed by atoms with Crippen molar-refractivity contribution in [1.29, 1.82) is 0 Å². The molecule has 0 unspecified atom stereocenters. The van der Waals surface area contributed by atoms with E-state index in [1.165, 1.54) is 11.8 Å². The van der Waals surface area contributed by atoms with Gasteiger partial charge in [-0.05, 0) is 38.0 Å². The first-order chi connectivity index (χ1) is 12.1. The first kappa shape index (κ1) is 17.0. The molecule has 0 aliphatic carbocycles. The van der Waals surface area contributed by atoms with Gasteiger partial charge in [-0.1, -0.05) is 24.3 Å². The maximum absolute atomic E-state index is 10.9. The Balaban J connectivity index is 1.79. The standard InChI is InChI=1S/C19H21N3O3/c1-3-25-18-7-5-4-6-16(18)15-8-10-21(11-9-15)19-12-14(2)17(13-20-19)22(23)24/h4-8,12-13H,3,9-11H2,1-2H3. The fourth-order valence-electron chi connectivity index (χ4n) is 3.03. The summed E-state index contributed by atoms with van der Waals surface area (Å²) in [5.41, 5.74) is 3.09. The Morgan fingerprint density at radius 2 is 2.16 bits per heavy atom. The van der Waals surface area contributed by atoms with Crippen LogP contribution in [-0.2, 0) is 0 Å². The van der Waals surface area contributed by atoms with Gasteiger partial charge in [0.1, 0.15) is 17.8 Å². The van der Waals surface area contributed by atoms with E-state index < -0.39 is 4.92 Å². The van der Waals surface area contributed by atoms with Gasteiger partial charge in [0, 0.05) is 24.2 Å². The summed E-state index contributed by atoms with van der Waals surface area (Å²) < 4.78 is 5.72. The highest BCUT2D eigenvalue weighted by atomic mass is 16.6. The summed E-state index contributed by atoms with van der Waals surface area (Å²) in [6.07, 6.45) is 4.40. The molecule has 25 heavy (non-hydrogen) atoms. The highest BCUT2D eigenvalue weighted by Gasteiger charge is 2.19. The van der Waals surface area contributed by atoms with Crippen molar-refractivity contribution < 1.29 is 9.66 Å². The van der Waals surface area contributed by atoms with E-state index in [-0.39, 0.29) is 5.69 Å². The Bertz CT molecular complexity index is 817. The smallest absolute Gasteiger partial charge is 0.290 e. The number of nitrogens with zero attached hydrogens (tertiary/aromatic N) is 3. The maximum atomic E-state index is 10.9. The Hall–Kier alpha value is -2.89. The Morgan fingerprint density at radius 1 is 1.36 bits per heavy atom. The van der Waals surface area contributed by atoms with Crippen molar-refractivity contribution in [1.82, 2.24) is 4.98 Å². The van der Waals surface area contributed by atoms with Crippen LogP contribution in [0, 0.1) is 17.0 Å². The molecule has 2 heterocycles. The zero-order valence-electron chi connectivity index (χ0n) is 14.4. The highest BCUT2D eigenvalue weighted by Crippen LogP contribution is 2.31. The number of aromatic nitrogens is 1. The van der Waals surface area contributed by atoms with E-state index in [1.807, 2.05) is 25.1 Å². The number of anilines is 1. The summed E-state index contributed by atoms with van der Waals surface area (Å²) in [6, 6.07) is 9.86. The third kappa shape index (κ3) is 3.63. The van der Waals surface area contributed by atoms with Crippen LogP contribution >= 0.6 is 0 Å². The monoisotopic (exact) mass is 339 g/mol. The average Bonchev–Trinajstić information content (AvgIpc) is 2.62. The Labute approximate surface area is 146 Å². The van der Waals surface area contributed by atoms with Crippen LogP contribution in [0.15, 0.2) is 42.6 Å². The zero-order valence-corrected chi connectivity index (χ0v) is 14.4. The van der Waals surface area contributed by atoms with Gasteiger partial charge in [0.25, 0.3) is 5.69 Å². The number of nitro groups is 1. The lowest BCUT2D eigenvalue weighted by atomic mass is 9.98. The number of aryl methyl sites for hydroxylation is 1. The second-order valence-electron chi connectivity index (χ2n) is 5.94. The van der Waals surface area contributed by atoms with Crippen molar-refractivity contribution in [2.24, 2.45) is 0 Å². The van der Waals surface area contributed by atoms with E-state index in [1.54, 1.807) is 13.0 Å². The predicted molar refractivity (Wildman–Crippen MR) is 98.0 cm³/mol. The van der Waals surface area contributed by atoms with Crippen LogP contribution < -0.4 is 9.64 Å². The lowest BCUT2D eigenvalue weighted by molar-refractivity contribution is -0.385. The Morgan fingerprint density at radius 3 is 2.80 bits per heavy atom. The minimum Gasteiger partial charge on any atom is -0.493 e. The largest absolute Gasteiger partial charge is 0.493 e. The summed E-state index contributed by atoms with van der Waals surface area (Å²) in [7, 11) is 0. The molecule has 0 fully saturated rings. The van der Waals surface area contributed by atoms with E-state index in [0.717, 1.165) is 36.6 Å². The van der Waals surface area contributed by atoms with Crippen LogP contribution in [0.4, 0.5) is 11.5 Å². The van der Waals surface area contributed by atoms with Gasteiger partial charge >= 0.3 is 0 Å². The molecule has 1 aliphatic heterocycles. The molecule has 6 heteroatoms. The van der Waals surface area contributed by atoms with Crippen LogP contribution in [0.1, 0.15) is 24.5 Å². The molecule has 0 N–H and O–H groups in total. The van der Waals surface area contributed by atoms with Crippen molar-refractivity contribution in [2.45, 2.75) is 20.3 Å². The van der Waals surface area contributed by atoms with Crippen LogP contribution in [-0.4, -0.2) is 29.6 Å². The van der Waals surface area contributed by atoms with E-state index in [0.29, 0.717) is 12.2 Å². The molecule has 3 rings (SSSR count). The molecular formula is C19H21N3O3. The van der Waals surface area contributed by atoms with Crippen LogP contribution in [0.2, 0.25) is 0 Å². The molecule has 0 spiro atoms. The number of benzene rings is 1. The fraction of sp³-hybridized carbons (Fsp3) is 0.316. The van der Waals surface area contributed by atoms with Gasteiger partial charge in [-0.15, -0.1) is 0 Å². The highest BCUT2D eigenvalue weighted by molar-refractivity contribution is 5.72. The molecule has 6 nitrogen and oxygen atoms in total. The first-order valence-corrected chi connectivity index (χ1v) is 8.37. The number of pyridine rings is 1. The maximum Gasteiger partial charge on any atom is 0.290 e. The van der Waals surface area contributed by atoms with E-state index >= 15 is 0 Å². The molecule has 0 saturated heterocycles. The molecule has 1 aliphatic rings. The quantitative estimate of drug-likeness (QED) is 0.608. The van der Waals surface area contributed by atoms with Crippen molar-refractivity contribution in [3.8, 4) is 5.75 Å². The van der Waals surface area contributed by atoms with Gasteiger partial charge in [-0.25, -0.2) is 4.98 Å². The SMILES string of the molecule is CCOc1ccccc1C1=CCN(c2cc(C)c([N+](=O)[O-])cn2)CC1. The molecule has 0 atom stereocenters. The number of ether oxygens (including phenoxy) is 1. The van der Waals surface area contributed by atoms with Gasteiger partial charge in [0.05, 0.1) is 11.5 Å².